The molecule has 1 heterocycles. The highest BCUT2D eigenvalue weighted by molar-refractivity contribution is 7.92. The van der Waals surface area contributed by atoms with E-state index in [-0.39, 0.29) is 39.9 Å². The largest absolute Gasteiger partial charge is 0.455 e. The SMILES string of the molecule is CNC(=O)c1c(-c2ccc(F)cc2)oc2cc(N(c3ccc(N)c(C(F)F)c3)S(C)(=O)=O)c(C3CC3)cc12. The molecule has 1 amide bonds. The van der Waals surface area contributed by atoms with Gasteiger partial charge in [-0.2, -0.15) is 0 Å². The lowest BCUT2D eigenvalue weighted by atomic mass is 10.00. The Hall–Kier alpha value is -3.99. The third-order valence-corrected chi connectivity index (χ3v) is 7.58. The van der Waals surface area contributed by atoms with E-state index in [9.17, 15) is 26.4 Å². The molecule has 5 rings (SSSR count). The highest BCUT2D eigenvalue weighted by atomic mass is 32.2. The minimum absolute atomic E-state index is 0.00343. The number of rotatable bonds is 7. The van der Waals surface area contributed by atoms with Crippen molar-refractivity contribution in [3.05, 3.63) is 77.1 Å². The monoisotopic (exact) mass is 543 g/mol. The number of furan rings is 1. The lowest BCUT2D eigenvalue weighted by Crippen LogP contribution is -2.26. The number of nitrogen functional groups attached to an aromatic ring is 1. The van der Waals surface area contributed by atoms with Crippen molar-refractivity contribution in [1.29, 1.82) is 0 Å². The van der Waals surface area contributed by atoms with Gasteiger partial charge in [0, 0.05) is 35.3 Å². The normalized spacial score (nSPS) is 13.7. The lowest BCUT2D eigenvalue weighted by Gasteiger charge is -2.26. The fraction of sp³-hybridized carbons (Fsp3) is 0.222. The first-order valence-electron chi connectivity index (χ1n) is 11.8. The third kappa shape index (κ3) is 4.58. The molecule has 1 fully saturated rings. The maximum absolute atomic E-state index is 13.6. The van der Waals surface area contributed by atoms with Gasteiger partial charge in [0.1, 0.15) is 17.2 Å². The summed E-state index contributed by atoms with van der Waals surface area (Å²) < 4.78 is 74.0. The van der Waals surface area contributed by atoms with Gasteiger partial charge in [-0.3, -0.25) is 4.79 Å². The van der Waals surface area contributed by atoms with Crippen LogP contribution in [0.5, 0.6) is 0 Å². The van der Waals surface area contributed by atoms with Crippen molar-refractivity contribution in [1.82, 2.24) is 5.32 Å². The number of alkyl halides is 2. The number of hydrogen-bond acceptors (Lipinski definition) is 5. The van der Waals surface area contributed by atoms with Gasteiger partial charge < -0.3 is 15.5 Å². The molecular weight excluding hydrogens is 519 g/mol. The van der Waals surface area contributed by atoms with Gasteiger partial charge in [-0.1, -0.05) is 0 Å². The number of sulfonamides is 1. The average molecular weight is 544 g/mol. The second-order valence-corrected chi connectivity index (χ2v) is 11.0. The molecule has 11 heteroatoms. The molecular formula is C27H24F3N3O4S. The molecule has 0 aliphatic heterocycles. The van der Waals surface area contributed by atoms with E-state index in [1.165, 1.54) is 49.5 Å². The van der Waals surface area contributed by atoms with Crippen molar-refractivity contribution in [3.8, 4) is 11.3 Å². The first-order chi connectivity index (χ1) is 18.0. The highest BCUT2D eigenvalue weighted by Crippen LogP contribution is 2.49. The Morgan fingerprint density at radius 2 is 1.79 bits per heavy atom. The number of hydrogen-bond donors (Lipinski definition) is 2. The second kappa shape index (κ2) is 9.39. The minimum Gasteiger partial charge on any atom is -0.455 e. The summed E-state index contributed by atoms with van der Waals surface area (Å²) in [6.07, 6.45) is -0.343. The maximum atomic E-state index is 13.6. The van der Waals surface area contributed by atoms with Crippen molar-refractivity contribution in [2.24, 2.45) is 0 Å². The van der Waals surface area contributed by atoms with Crippen LogP contribution >= 0.6 is 0 Å². The molecule has 198 valence electrons. The number of nitrogens with zero attached hydrogens (tertiary/aromatic N) is 1. The van der Waals surface area contributed by atoms with Gasteiger partial charge in [0.25, 0.3) is 12.3 Å². The Balaban J connectivity index is 1.79. The van der Waals surface area contributed by atoms with Crippen LogP contribution in [-0.2, 0) is 10.0 Å². The smallest absolute Gasteiger partial charge is 0.265 e. The van der Waals surface area contributed by atoms with E-state index in [4.69, 9.17) is 10.2 Å². The van der Waals surface area contributed by atoms with E-state index < -0.39 is 33.7 Å². The molecule has 4 aromatic rings. The van der Waals surface area contributed by atoms with Crippen LogP contribution in [0.2, 0.25) is 0 Å². The quantitative estimate of drug-likeness (QED) is 0.274. The topological polar surface area (TPSA) is 106 Å². The van der Waals surface area contributed by atoms with Gasteiger partial charge in [0.15, 0.2) is 0 Å². The van der Waals surface area contributed by atoms with Crippen LogP contribution in [-0.4, -0.2) is 27.6 Å². The summed E-state index contributed by atoms with van der Waals surface area (Å²) in [6, 6.07) is 12.3. The Morgan fingerprint density at radius 1 is 1.11 bits per heavy atom. The molecule has 38 heavy (non-hydrogen) atoms. The molecule has 0 bridgehead atoms. The number of benzene rings is 3. The molecule has 1 aromatic heterocycles. The molecule has 0 atom stereocenters. The molecule has 0 saturated heterocycles. The zero-order chi connectivity index (χ0) is 27.4. The number of nitrogens with one attached hydrogen (secondary N) is 1. The summed E-state index contributed by atoms with van der Waals surface area (Å²) in [7, 11) is -2.55. The number of halogens is 3. The summed E-state index contributed by atoms with van der Waals surface area (Å²) in [5.74, 6) is -0.696. The Kier molecular flexibility index (Phi) is 6.34. The average Bonchev–Trinajstić information content (AvgIpc) is 3.64. The molecule has 0 radical (unpaired) electrons. The fourth-order valence-corrected chi connectivity index (χ4v) is 5.60. The minimum atomic E-state index is -4.02. The predicted octanol–water partition coefficient (Wildman–Crippen LogP) is 6.09. The summed E-state index contributed by atoms with van der Waals surface area (Å²) in [5.41, 5.74) is 6.81. The number of carbonyl (C=O) groups excluding carboxylic acids is 1. The van der Waals surface area contributed by atoms with E-state index in [1.807, 2.05) is 0 Å². The van der Waals surface area contributed by atoms with Gasteiger partial charge in [0.2, 0.25) is 10.0 Å². The Bertz CT molecular complexity index is 1660. The zero-order valence-electron chi connectivity index (χ0n) is 20.5. The first-order valence-corrected chi connectivity index (χ1v) is 13.6. The zero-order valence-corrected chi connectivity index (χ0v) is 21.3. The fourth-order valence-electron chi connectivity index (χ4n) is 4.59. The van der Waals surface area contributed by atoms with Crippen LogP contribution in [0.25, 0.3) is 22.3 Å². The molecule has 3 aromatic carbocycles. The summed E-state index contributed by atoms with van der Waals surface area (Å²) in [4.78, 5) is 12.9. The van der Waals surface area contributed by atoms with Crippen LogP contribution in [0, 0.1) is 5.82 Å². The van der Waals surface area contributed by atoms with Crippen molar-refractivity contribution >= 4 is 44.0 Å². The van der Waals surface area contributed by atoms with Crippen LogP contribution in [0.15, 0.2) is 59.0 Å². The summed E-state index contributed by atoms with van der Waals surface area (Å²) in [6.45, 7) is 0. The van der Waals surface area contributed by atoms with Crippen molar-refractivity contribution in [2.75, 3.05) is 23.3 Å². The summed E-state index contributed by atoms with van der Waals surface area (Å²) >= 11 is 0. The van der Waals surface area contributed by atoms with E-state index >= 15 is 0 Å². The standard InChI is InChI=1S/C27H24F3N3O4S/c1-32-27(34)24-20-12-18(14-3-4-14)22(13-23(20)37-25(24)15-5-7-16(28)8-6-15)33(38(2,35)36)17-9-10-21(31)19(11-17)26(29)30/h5-14,26H,3-4,31H2,1-2H3,(H,32,34). The van der Waals surface area contributed by atoms with E-state index in [0.717, 1.165) is 29.5 Å². The second-order valence-electron chi connectivity index (χ2n) is 9.21. The van der Waals surface area contributed by atoms with E-state index in [0.29, 0.717) is 16.5 Å². The van der Waals surface area contributed by atoms with Crippen LogP contribution in [0.3, 0.4) is 0 Å². The first kappa shape index (κ1) is 25.7. The van der Waals surface area contributed by atoms with Crippen LogP contribution in [0.4, 0.5) is 30.2 Å². The number of anilines is 3. The van der Waals surface area contributed by atoms with Crippen LogP contribution in [0.1, 0.15) is 46.7 Å². The third-order valence-electron chi connectivity index (χ3n) is 6.51. The number of amides is 1. The lowest BCUT2D eigenvalue weighted by molar-refractivity contribution is 0.0964. The molecule has 1 aliphatic carbocycles. The maximum Gasteiger partial charge on any atom is 0.265 e. The van der Waals surface area contributed by atoms with Crippen molar-refractivity contribution in [3.63, 3.8) is 0 Å². The van der Waals surface area contributed by atoms with Gasteiger partial charge in [-0.05, 0) is 72.9 Å². The molecule has 0 spiro atoms. The van der Waals surface area contributed by atoms with Crippen LogP contribution < -0.4 is 15.4 Å². The Morgan fingerprint density at radius 3 is 2.37 bits per heavy atom. The predicted molar refractivity (Wildman–Crippen MR) is 140 cm³/mol. The molecule has 7 nitrogen and oxygen atoms in total. The number of fused-ring (bicyclic) bond motifs is 1. The number of nitrogens with two attached hydrogens (primary N) is 1. The van der Waals surface area contributed by atoms with Crippen molar-refractivity contribution in [2.45, 2.75) is 25.2 Å². The number of carbonyl (C=O) groups is 1. The van der Waals surface area contributed by atoms with E-state index in [2.05, 4.69) is 5.32 Å². The van der Waals surface area contributed by atoms with E-state index in [1.54, 1.807) is 6.07 Å². The molecule has 0 unspecified atom stereocenters. The Labute approximate surface area is 217 Å². The summed E-state index contributed by atoms with van der Waals surface area (Å²) in [5, 5.41) is 3.04. The van der Waals surface area contributed by atoms with Gasteiger partial charge in [0.05, 0.1) is 23.2 Å². The highest BCUT2D eigenvalue weighted by Gasteiger charge is 2.34. The van der Waals surface area contributed by atoms with Gasteiger partial charge in [-0.25, -0.2) is 25.9 Å². The van der Waals surface area contributed by atoms with Gasteiger partial charge >= 0.3 is 0 Å². The molecule has 3 N–H and O–H groups in total. The molecule has 1 saturated carbocycles. The molecule has 1 aliphatic rings. The van der Waals surface area contributed by atoms with Crippen molar-refractivity contribution < 1.29 is 30.8 Å². The van der Waals surface area contributed by atoms with Gasteiger partial charge in [-0.15, -0.1) is 0 Å².